The van der Waals surface area contributed by atoms with Gasteiger partial charge in [-0.05, 0) is 70.6 Å². The second-order valence-corrected chi connectivity index (χ2v) is 17.6. The Morgan fingerprint density at radius 1 is 0.397 bits per heavy atom. The van der Waals surface area contributed by atoms with Gasteiger partial charge in [0.1, 0.15) is 0 Å². The van der Waals surface area contributed by atoms with E-state index < -0.39 is 12.1 Å². The first-order chi connectivity index (χ1) is 28.7. The summed E-state index contributed by atoms with van der Waals surface area (Å²) in [6.45, 7) is 4.29. The zero-order chi connectivity index (χ0) is 42.1. The van der Waals surface area contributed by atoms with Gasteiger partial charge < -0.3 is 15.5 Å². The van der Waals surface area contributed by atoms with Crippen LogP contribution in [0.5, 0.6) is 0 Å². The smallest absolute Gasteiger partial charge is 0.220 e. The van der Waals surface area contributed by atoms with E-state index in [-0.39, 0.29) is 12.5 Å². The summed E-state index contributed by atoms with van der Waals surface area (Å²) in [5, 5.41) is 23.0. The van der Waals surface area contributed by atoms with Crippen molar-refractivity contribution in [3.63, 3.8) is 0 Å². The quantitative estimate of drug-likeness (QED) is 0.0423. The lowest BCUT2D eigenvalue weighted by Gasteiger charge is -2.19. The molecule has 0 fully saturated rings. The number of carbonyl (C=O) groups is 1. The van der Waals surface area contributed by atoms with E-state index in [1.165, 1.54) is 199 Å². The van der Waals surface area contributed by atoms with Gasteiger partial charge >= 0.3 is 0 Å². The van der Waals surface area contributed by atoms with Crippen LogP contribution in [0.3, 0.4) is 0 Å². The molecule has 3 N–H and O–H groups in total. The molecule has 2 unspecified atom stereocenters. The van der Waals surface area contributed by atoms with Crippen molar-refractivity contribution in [1.29, 1.82) is 0 Å². The molecular weight excluding hydrogens is 711 g/mol. The van der Waals surface area contributed by atoms with Crippen LogP contribution in [0, 0.1) is 0 Å². The fraction of sp³-hybridized carbons (Fsp3) is 0.833. The second-order valence-electron chi connectivity index (χ2n) is 17.6. The number of amides is 1. The topological polar surface area (TPSA) is 69.6 Å². The van der Waals surface area contributed by atoms with Crippen molar-refractivity contribution in [2.75, 3.05) is 6.61 Å². The Labute approximate surface area is 363 Å². The number of nitrogens with one attached hydrogen (secondary N) is 1. The predicted molar refractivity (Wildman–Crippen MR) is 258 cm³/mol. The minimum atomic E-state index is -0.874. The van der Waals surface area contributed by atoms with Gasteiger partial charge in [0.15, 0.2) is 0 Å². The van der Waals surface area contributed by atoms with Crippen molar-refractivity contribution < 1.29 is 15.0 Å². The molecule has 0 saturated heterocycles. The highest BCUT2D eigenvalue weighted by Gasteiger charge is 2.17. The number of aliphatic hydroxyl groups excluding tert-OH is 2. The molecule has 0 aromatic heterocycles. The molecule has 2 atom stereocenters. The summed E-state index contributed by atoms with van der Waals surface area (Å²) in [6.07, 6.45) is 68.4. The van der Waals surface area contributed by atoms with Gasteiger partial charge in [-0.3, -0.25) is 4.79 Å². The van der Waals surface area contributed by atoms with Crippen LogP contribution in [0.25, 0.3) is 0 Å². The Morgan fingerprint density at radius 2 is 0.672 bits per heavy atom. The molecule has 4 nitrogen and oxygen atoms in total. The van der Waals surface area contributed by atoms with Gasteiger partial charge in [-0.1, -0.05) is 242 Å². The lowest BCUT2D eigenvalue weighted by molar-refractivity contribution is -0.123. The van der Waals surface area contributed by atoms with E-state index in [9.17, 15) is 15.0 Å². The molecule has 0 aromatic carbocycles. The monoisotopic (exact) mass is 812 g/mol. The zero-order valence-corrected chi connectivity index (χ0v) is 39.1. The largest absolute Gasteiger partial charge is 0.394 e. The number of carbonyl (C=O) groups excluding carboxylic acids is 1. The van der Waals surface area contributed by atoms with Gasteiger partial charge in [0.05, 0.1) is 18.8 Å². The summed E-state index contributed by atoms with van der Waals surface area (Å²) in [5.74, 6) is -0.0867. The SMILES string of the molecule is CCCCCCC/C=C\CCCCCCCC(=O)NC(CO)C(O)/C=C/CC/C=C/CC/C=C/CCCCCCCCCCCCCCCCCCCCCCCC. The standard InChI is InChI=1S/C54H101NO3/c1-3-5-7-9-11-13-15-17-19-20-21-22-23-24-25-26-27-28-29-30-31-32-33-34-35-36-37-39-41-43-45-47-49-53(57)52(51-56)55-54(58)50-48-46-44-42-40-38-18-16-14-12-10-8-6-4-2/h16,18,34-35,39,41,47,49,52-53,56-57H,3-15,17,19-33,36-38,40,42-46,48,50-51H2,1-2H3,(H,55,58)/b18-16-,35-34+,41-39+,49-47+. The van der Waals surface area contributed by atoms with E-state index in [2.05, 4.69) is 55.6 Å². The first-order valence-electron chi connectivity index (χ1n) is 25.9. The van der Waals surface area contributed by atoms with Crippen LogP contribution in [0.15, 0.2) is 48.6 Å². The predicted octanol–water partition coefficient (Wildman–Crippen LogP) is 16.7. The molecule has 4 heteroatoms. The lowest BCUT2D eigenvalue weighted by atomic mass is 10.0. The highest BCUT2D eigenvalue weighted by Crippen LogP contribution is 2.16. The van der Waals surface area contributed by atoms with Crippen LogP contribution in [-0.4, -0.2) is 34.9 Å². The van der Waals surface area contributed by atoms with Crippen molar-refractivity contribution >= 4 is 5.91 Å². The first kappa shape index (κ1) is 56.4. The molecule has 0 spiro atoms. The van der Waals surface area contributed by atoms with E-state index in [1.54, 1.807) is 6.08 Å². The van der Waals surface area contributed by atoms with Crippen LogP contribution < -0.4 is 5.32 Å². The maximum absolute atomic E-state index is 12.4. The second kappa shape index (κ2) is 49.7. The molecule has 0 aliphatic rings. The van der Waals surface area contributed by atoms with Crippen molar-refractivity contribution in [3.05, 3.63) is 48.6 Å². The molecule has 0 aliphatic carbocycles. The van der Waals surface area contributed by atoms with Crippen LogP contribution in [0.2, 0.25) is 0 Å². The molecule has 340 valence electrons. The molecule has 0 bridgehead atoms. The van der Waals surface area contributed by atoms with Crippen LogP contribution >= 0.6 is 0 Å². The summed E-state index contributed by atoms with van der Waals surface area (Å²) in [7, 11) is 0. The summed E-state index contributed by atoms with van der Waals surface area (Å²) < 4.78 is 0. The highest BCUT2D eigenvalue weighted by molar-refractivity contribution is 5.76. The molecule has 1 amide bonds. The van der Waals surface area contributed by atoms with E-state index in [1.807, 2.05) is 6.08 Å². The highest BCUT2D eigenvalue weighted by atomic mass is 16.3. The van der Waals surface area contributed by atoms with Crippen molar-refractivity contribution in [1.82, 2.24) is 5.32 Å². The Hall–Kier alpha value is -1.65. The third-order valence-corrected chi connectivity index (χ3v) is 11.8. The zero-order valence-electron chi connectivity index (χ0n) is 39.1. The van der Waals surface area contributed by atoms with Gasteiger partial charge in [-0.25, -0.2) is 0 Å². The Morgan fingerprint density at radius 3 is 1.00 bits per heavy atom. The fourth-order valence-corrected chi connectivity index (χ4v) is 7.79. The van der Waals surface area contributed by atoms with Crippen molar-refractivity contribution in [3.8, 4) is 0 Å². The number of aliphatic hydroxyl groups is 2. The Kier molecular flexibility index (Phi) is 48.3. The van der Waals surface area contributed by atoms with Crippen molar-refractivity contribution in [2.24, 2.45) is 0 Å². The molecule has 58 heavy (non-hydrogen) atoms. The molecule has 0 aliphatic heterocycles. The minimum Gasteiger partial charge on any atom is -0.394 e. The van der Waals surface area contributed by atoms with Gasteiger partial charge in [-0.15, -0.1) is 0 Å². The van der Waals surface area contributed by atoms with Gasteiger partial charge in [0, 0.05) is 6.42 Å². The molecule has 0 saturated carbocycles. The normalized spacial score (nSPS) is 13.2. The number of allylic oxidation sites excluding steroid dienone is 7. The number of unbranched alkanes of at least 4 members (excludes halogenated alkanes) is 34. The van der Waals surface area contributed by atoms with Gasteiger partial charge in [0.25, 0.3) is 0 Å². The summed E-state index contributed by atoms with van der Waals surface area (Å²) >= 11 is 0. The fourth-order valence-electron chi connectivity index (χ4n) is 7.79. The maximum Gasteiger partial charge on any atom is 0.220 e. The minimum absolute atomic E-state index is 0.0867. The average molecular weight is 812 g/mol. The third-order valence-electron chi connectivity index (χ3n) is 11.8. The van der Waals surface area contributed by atoms with Crippen molar-refractivity contribution in [2.45, 2.75) is 283 Å². The van der Waals surface area contributed by atoms with Crippen LogP contribution in [-0.2, 0) is 4.79 Å². The summed E-state index contributed by atoms with van der Waals surface area (Å²) in [4.78, 5) is 12.4. The van der Waals surface area contributed by atoms with E-state index in [4.69, 9.17) is 0 Å². The molecule has 0 aromatic rings. The Balaban J connectivity index is 3.54. The van der Waals surface area contributed by atoms with E-state index in [0.29, 0.717) is 6.42 Å². The number of rotatable bonds is 47. The van der Waals surface area contributed by atoms with Crippen LogP contribution in [0.1, 0.15) is 271 Å². The lowest BCUT2D eigenvalue weighted by Crippen LogP contribution is -2.45. The summed E-state index contributed by atoms with van der Waals surface area (Å²) in [6, 6.07) is -0.650. The van der Waals surface area contributed by atoms with E-state index in [0.717, 1.165) is 51.4 Å². The van der Waals surface area contributed by atoms with E-state index >= 15 is 0 Å². The molecule has 0 heterocycles. The maximum atomic E-state index is 12.4. The molecule has 0 radical (unpaired) electrons. The van der Waals surface area contributed by atoms with Gasteiger partial charge in [0.2, 0.25) is 5.91 Å². The first-order valence-corrected chi connectivity index (χ1v) is 25.9. The molecular formula is C54H101NO3. The third kappa shape index (κ3) is 45.4. The van der Waals surface area contributed by atoms with Crippen LogP contribution in [0.4, 0.5) is 0 Å². The number of hydrogen-bond donors (Lipinski definition) is 3. The molecule has 0 rings (SSSR count). The summed E-state index contributed by atoms with van der Waals surface area (Å²) in [5.41, 5.74) is 0. The van der Waals surface area contributed by atoms with Gasteiger partial charge in [-0.2, -0.15) is 0 Å². The Bertz CT molecular complexity index is 923. The average Bonchev–Trinajstić information content (AvgIpc) is 3.23. The number of hydrogen-bond acceptors (Lipinski definition) is 3.